The van der Waals surface area contributed by atoms with Gasteiger partial charge in [0.05, 0.1) is 19.3 Å². The maximum Gasteiger partial charge on any atom is 0.321 e. The fraction of sp³-hybridized carbons (Fsp3) is 0.562. The molecule has 0 aromatic heterocycles. The Morgan fingerprint density at radius 2 is 2.17 bits per heavy atom. The van der Waals surface area contributed by atoms with Crippen LogP contribution in [-0.4, -0.2) is 53.0 Å². The van der Waals surface area contributed by atoms with Crippen molar-refractivity contribution in [3.8, 4) is 11.5 Å². The number of rotatable bonds is 6. The third kappa shape index (κ3) is 4.28. The molecular formula is C16H22ClNO5. The van der Waals surface area contributed by atoms with Crippen molar-refractivity contribution >= 4 is 17.6 Å². The standard InChI is InChI=1S/C16H22ClNO5/c1-9(2)23-15-10(4-11(17)5-14(15)22-3)7-18-8-12(19)6-13(18)16(20)21/h4-5,9,12-13,19H,6-8H2,1-3H3,(H,20,21). The first-order valence-electron chi connectivity index (χ1n) is 7.49. The first-order chi connectivity index (χ1) is 10.8. The zero-order valence-electron chi connectivity index (χ0n) is 13.5. The van der Waals surface area contributed by atoms with Gasteiger partial charge in [-0.1, -0.05) is 11.6 Å². The third-order valence-corrected chi connectivity index (χ3v) is 3.93. The molecule has 1 saturated heterocycles. The maximum absolute atomic E-state index is 11.4. The minimum Gasteiger partial charge on any atom is -0.493 e. The molecule has 0 amide bonds. The molecule has 0 saturated carbocycles. The molecule has 0 radical (unpaired) electrons. The second-order valence-electron chi connectivity index (χ2n) is 5.94. The zero-order valence-corrected chi connectivity index (χ0v) is 14.2. The van der Waals surface area contributed by atoms with Crippen LogP contribution in [0.5, 0.6) is 11.5 Å². The van der Waals surface area contributed by atoms with Crippen molar-refractivity contribution < 1.29 is 24.5 Å². The van der Waals surface area contributed by atoms with Crippen LogP contribution in [0.25, 0.3) is 0 Å². The summed E-state index contributed by atoms with van der Waals surface area (Å²) in [6.07, 6.45) is -0.497. The number of carboxylic acid groups (broad SMARTS) is 1. The number of nitrogens with zero attached hydrogens (tertiary/aromatic N) is 1. The van der Waals surface area contributed by atoms with E-state index < -0.39 is 18.1 Å². The van der Waals surface area contributed by atoms with Crippen LogP contribution in [-0.2, 0) is 11.3 Å². The summed E-state index contributed by atoms with van der Waals surface area (Å²) in [6.45, 7) is 4.41. The lowest BCUT2D eigenvalue weighted by molar-refractivity contribution is -0.142. The summed E-state index contributed by atoms with van der Waals surface area (Å²) in [5, 5.41) is 19.6. The van der Waals surface area contributed by atoms with Gasteiger partial charge >= 0.3 is 5.97 Å². The number of methoxy groups -OCH3 is 1. The molecule has 1 heterocycles. The van der Waals surface area contributed by atoms with E-state index in [1.807, 2.05) is 13.8 Å². The van der Waals surface area contributed by atoms with Crippen LogP contribution in [0.3, 0.4) is 0 Å². The van der Waals surface area contributed by atoms with Crippen molar-refractivity contribution in [2.24, 2.45) is 0 Å². The largest absolute Gasteiger partial charge is 0.493 e. The molecule has 6 nitrogen and oxygen atoms in total. The van der Waals surface area contributed by atoms with Gasteiger partial charge in [0, 0.05) is 36.2 Å². The normalized spacial score (nSPS) is 21.7. The van der Waals surface area contributed by atoms with Crippen molar-refractivity contribution in [1.82, 2.24) is 4.90 Å². The molecule has 2 unspecified atom stereocenters. The van der Waals surface area contributed by atoms with E-state index in [1.165, 1.54) is 7.11 Å². The number of aliphatic carboxylic acids is 1. The van der Waals surface area contributed by atoms with Crippen molar-refractivity contribution in [1.29, 1.82) is 0 Å². The Labute approximate surface area is 140 Å². The number of aliphatic hydroxyl groups is 1. The molecule has 0 spiro atoms. The number of aliphatic hydroxyl groups excluding tert-OH is 1. The number of hydrogen-bond donors (Lipinski definition) is 2. The highest BCUT2D eigenvalue weighted by atomic mass is 35.5. The summed E-state index contributed by atoms with van der Waals surface area (Å²) >= 11 is 6.13. The number of likely N-dealkylation sites (tertiary alicyclic amines) is 1. The number of hydrogen-bond acceptors (Lipinski definition) is 5. The Bertz CT molecular complexity index is 578. The van der Waals surface area contributed by atoms with Gasteiger partial charge in [0.1, 0.15) is 6.04 Å². The van der Waals surface area contributed by atoms with E-state index in [9.17, 15) is 15.0 Å². The summed E-state index contributed by atoms with van der Waals surface area (Å²) in [4.78, 5) is 13.1. The number of ether oxygens (including phenoxy) is 2. The van der Waals surface area contributed by atoms with E-state index in [0.29, 0.717) is 29.6 Å². The van der Waals surface area contributed by atoms with Crippen LogP contribution >= 0.6 is 11.6 Å². The Morgan fingerprint density at radius 1 is 1.48 bits per heavy atom. The Kier molecular flexibility index (Phi) is 5.73. The lowest BCUT2D eigenvalue weighted by atomic mass is 10.1. The van der Waals surface area contributed by atoms with Gasteiger partial charge in [-0.15, -0.1) is 0 Å². The summed E-state index contributed by atoms with van der Waals surface area (Å²) in [5.41, 5.74) is 0.739. The molecule has 1 aliphatic heterocycles. The highest BCUT2D eigenvalue weighted by Gasteiger charge is 2.36. The van der Waals surface area contributed by atoms with Crippen LogP contribution < -0.4 is 9.47 Å². The molecule has 23 heavy (non-hydrogen) atoms. The minimum atomic E-state index is -0.943. The third-order valence-electron chi connectivity index (χ3n) is 3.71. The van der Waals surface area contributed by atoms with E-state index in [1.54, 1.807) is 17.0 Å². The number of β-amino-alcohol motifs (C(OH)–C–C–N with tert-alkyl or cyclic N) is 1. The molecule has 2 rings (SSSR count). The molecule has 1 fully saturated rings. The average molecular weight is 344 g/mol. The fourth-order valence-electron chi connectivity index (χ4n) is 2.79. The predicted molar refractivity (Wildman–Crippen MR) is 86.2 cm³/mol. The van der Waals surface area contributed by atoms with Crippen LogP contribution in [0.2, 0.25) is 5.02 Å². The second kappa shape index (κ2) is 7.38. The molecule has 1 aliphatic rings. The molecule has 1 aromatic rings. The Morgan fingerprint density at radius 3 is 2.74 bits per heavy atom. The van der Waals surface area contributed by atoms with Crippen LogP contribution in [0.1, 0.15) is 25.8 Å². The average Bonchev–Trinajstić information content (AvgIpc) is 2.82. The van der Waals surface area contributed by atoms with E-state index in [-0.39, 0.29) is 12.5 Å². The van der Waals surface area contributed by atoms with Crippen LogP contribution in [0.4, 0.5) is 0 Å². The molecule has 0 aliphatic carbocycles. The summed E-state index contributed by atoms with van der Waals surface area (Å²) < 4.78 is 11.2. The van der Waals surface area contributed by atoms with Gasteiger partial charge in [0.15, 0.2) is 11.5 Å². The second-order valence-corrected chi connectivity index (χ2v) is 6.37. The van der Waals surface area contributed by atoms with Gasteiger partial charge in [0.2, 0.25) is 0 Å². The Hall–Kier alpha value is -1.50. The molecular weight excluding hydrogens is 322 g/mol. The van der Waals surface area contributed by atoms with Gasteiger partial charge in [-0.25, -0.2) is 0 Å². The predicted octanol–water partition coefficient (Wildman–Crippen LogP) is 2.16. The van der Waals surface area contributed by atoms with E-state index in [4.69, 9.17) is 21.1 Å². The quantitative estimate of drug-likeness (QED) is 0.824. The smallest absolute Gasteiger partial charge is 0.321 e. The van der Waals surface area contributed by atoms with Gasteiger partial charge in [0.25, 0.3) is 0 Å². The van der Waals surface area contributed by atoms with Gasteiger partial charge in [-0.05, 0) is 19.9 Å². The number of halogens is 1. The SMILES string of the molecule is COc1cc(Cl)cc(CN2CC(O)CC2C(=O)O)c1OC(C)C. The topological polar surface area (TPSA) is 79.2 Å². The Balaban J connectivity index is 2.34. The summed E-state index contributed by atoms with van der Waals surface area (Å²) in [6, 6.07) is 2.68. The molecule has 128 valence electrons. The summed E-state index contributed by atoms with van der Waals surface area (Å²) in [5.74, 6) is 0.118. The van der Waals surface area contributed by atoms with Crippen molar-refractivity contribution in [2.75, 3.05) is 13.7 Å². The van der Waals surface area contributed by atoms with Crippen LogP contribution in [0.15, 0.2) is 12.1 Å². The van der Waals surface area contributed by atoms with E-state index >= 15 is 0 Å². The molecule has 2 atom stereocenters. The fourth-order valence-corrected chi connectivity index (χ4v) is 3.02. The van der Waals surface area contributed by atoms with Crippen molar-refractivity contribution in [3.05, 3.63) is 22.7 Å². The molecule has 2 N–H and O–H groups in total. The highest BCUT2D eigenvalue weighted by molar-refractivity contribution is 6.30. The van der Waals surface area contributed by atoms with Gasteiger partial charge in [-0.2, -0.15) is 0 Å². The number of carbonyl (C=O) groups is 1. The molecule has 7 heteroatoms. The lowest BCUT2D eigenvalue weighted by Crippen LogP contribution is -2.35. The van der Waals surface area contributed by atoms with Gasteiger partial charge in [-0.3, -0.25) is 9.69 Å². The maximum atomic E-state index is 11.4. The summed E-state index contributed by atoms with van der Waals surface area (Å²) in [7, 11) is 1.53. The van der Waals surface area contributed by atoms with Gasteiger partial charge < -0.3 is 19.7 Å². The monoisotopic (exact) mass is 343 g/mol. The highest BCUT2D eigenvalue weighted by Crippen LogP contribution is 2.37. The van der Waals surface area contributed by atoms with Crippen molar-refractivity contribution in [3.63, 3.8) is 0 Å². The zero-order chi connectivity index (χ0) is 17.1. The lowest BCUT2D eigenvalue weighted by Gasteiger charge is -2.24. The van der Waals surface area contributed by atoms with Crippen molar-refractivity contribution in [2.45, 2.75) is 45.1 Å². The molecule has 0 bridgehead atoms. The number of benzene rings is 1. The first kappa shape index (κ1) is 17.8. The first-order valence-corrected chi connectivity index (χ1v) is 7.87. The van der Waals surface area contributed by atoms with E-state index in [0.717, 1.165) is 5.56 Å². The van der Waals surface area contributed by atoms with E-state index in [2.05, 4.69) is 0 Å². The van der Waals surface area contributed by atoms with Crippen LogP contribution in [0, 0.1) is 0 Å². The number of carboxylic acids is 1. The minimum absolute atomic E-state index is 0.0664. The molecule has 1 aromatic carbocycles.